The van der Waals surface area contributed by atoms with E-state index in [9.17, 15) is 4.79 Å². The zero-order valence-electron chi connectivity index (χ0n) is 20.6. The first-order valence-electron chi connectivity index (χ1n) is 12.5. The minimum absolute atomic E-state index is 0.0586. The molecule has 176 valence electrons. The van der Waals surface area contributed by atoms with Gasteiger partial charge in [-0.15, -0.1) is 0 Å². The number of aryl methyl sites for hydroxylation is 4. The second-order valence-corrected chi connectivity index (χ2v) is 9.66. The molecule has 1 unspecified atom stereocenters. The third kappa shape index (κ3) is 5.31. The Balaban J connectivity index is 1.81. The van der Waals surface area contributed by atoms with E-state index < -0.39 is 0 Å². The van der Waals surface area contributed by atoms with Gasteiger partial charge in [0.2, 0.25) is 0 Å². The molecule has 0 spiro atoms. The summed E-state index contributed by atoms with van der Waals surface area (Å²) >= 11 is 0. The highest BCUT2D eigenvalue weighted by molar-refractivity contribution is 5.87. The summed E-state index contributed by atoms with van der Waals surface area (Å²) in [6, 6.07) is 6.79. The van der Waals surface area contributed by atoms with Crippen molar-refractivity contribution in [3.05, 3.63) is 63.5 Å². The lowest BCUT2D eigenvalue weighted by Crippen LogP contribution is -2.14. The van der Waals surface area contributed by atoms with Gasteiger partial charge >= 0.3 is 5.97 Å². The van der Waals surface area contributed by atoms with Crippen LogP contribution in [-0.2, 0) is 22.4 Å². The molecule has 1 aromatic carbocycles. The number of aromatic nitrogens is 1. The fourth-order valence-corrected chi connectivity index (χ4v) is 5.57. The Kier molecular flexibility index (Phi) is 7.52. The van der Waals surface area contributed by atoms with Crippen LogP contribution in [0, 0.1) is 19.8 Å². The molecule has 4 nitrogen and oxygen atoms in total. The predicted octanol–water partition coefficient (Wildman–Crippen LogP) is 6.53. The Bertz CT molecular complexity index is 1050. The quantitative estimate of drug-likeness (QED) is 0.500. The minimum atomic E-state index is -0.0586. The van der Waals surface area contributed by atoms with E-state index in [1.54, 1.807) is 7.11 Å². The number of methoxy groups -OCH3 is 1. The number of pyridine rings is 1. The van der Waals surface area contributed by atoms with Gasteiger partial charge in [-0.05, 0) is 100.0 Å². The molecule has 0 N–H and O–H groups in total. The molecule has 33 heavy (non-hydrogen) atoms. The van der Waals surface area contributed by atoms with Crippen LogP contribution < -0.4 is 4.74 Å². The third-order valence-electron chi connectivity index (χ3n) is 7.11. The van der Waals surface area contributed by atoms with E-state index in [0.29, 0.717) is 18.9 Å². The Morgan fingerprint density at radius 1 is 1.00 bits per heavy atom. The molecule has 2 aliphatic carbocycles. The van der Waals surface area contributed by atoms with Crippen LogP contribution in [0.3, 0.4) is 0 Å². The molecule has 2 aliphatic rings. The molecule has 1 heterocycles. The summed E-state index contributed by atoms with van der Waals surface area (Å²) < 4.78 is 11.2. The van der Waals surface area contributed by atoms with Crippen molar-refractivity contribution in [3.8, 4) is 5.75 Å². The first-order valence-corrected chi connectivity index (χ1v) is 12.5. The Labute approximate surface area is 198 Å². The lowest BCUT2D eigenvalue weighted by molar-refractivity contribution is -0.144. The number of ether oxygens (including phenoxy) is 2. The lowest BCUT2D eigenvalue weighted by atomic mass is 9.82. The van der Waals surface area contributed by atoms with Gasteiger partial charge in [-0.2, -0.15) is 0 Å². The van der Waals surface area contributed by atoms with Crippen LogP contribution in [0.2, 0.25) is 0 Å². The first kappa shape index (κ1) is 23.5. The van der Waals surface area contributed by atoms with Gasteiger partial charge < -0.3 is 9.47 Å². The van der Waals surface area contributed by atoms with Crippen molar-refractivity contribution in [1.82, 2.24) is 4.98 Å². The second-order valence-electron chi connectivity index (χ2n) is 9.66. The van der Waals surface area contributed by atoms with Crippen molar-refractivity contribution >= 4 is 11.5 Å². The number of rotatable bonds is 4. The normalized spacial score (nSPS) is 20.7. The van der Waals surface area contributed by atoms with Crippen LogP contribution >= 0.6 is 0 Å². The number of esters is 1. The number of fused-ring (bicyclic) bond motifs is 2. The van der Waals surface area contributed by atoms with Crippen molar-refractivity contribution in [2.45, 2.75) is 78.6 Å². The summed E-state index contributed by atoms with van der Waals surface area (Å²) in [4.78, 5) is 17.1. The highest BCUT2D eigenvalue weighted by Gasteiger charge is 2.27. The third-order valence-corrected chi connectivity index (χ3v) is 7.11. The molecular formula is C29H37NO3. The molecule has 1 aromatic heterocycles. The molecule has 1 saturated carbocycles. The van der Waals surface area contributed by atoms with Gasteiger partial charge in [0.1, 0.15) is 5.75 Å². The number of hydrogen-bond donors (Lipinski definition) is 0. The summed E-state index contributed by atoms with van der Waals surface area (Å²) in [5, 5.41) is 0. The zero-order valence-corrected chi connectivity index (χ0v) is 20.6. The van der Waals surface area contributed by atoms with Crippen LogP contribution in [0.15, 0.2) is 30.0 Å². The topological polar surface area (TPSA) is 48.4 Å². The summed E-state index contributed by atoms with van der Waals surface area (Å²) in [6.45, 7) is 6.60. The molecule has 1 fully saturated rings. The standard InChI is InChI=1S/C29H37NO3/c1-5-33-26(31)17-21-8-6-7-9-22(11-10-21)28-27-23(14-19(2)16-25(27)32-4)12-13-24-15-20(3)18-30-29(24)28/h14-16,18,21H,5-13,17H2,1-4H3/b28-22-. The van der Waals surface area contributed by atoms with Crippen molar-refractivity contribution in [1.29, 1.82) is 0 Å². The number of carbonyl (C=O) groups excluding carboxylic acids is 1. The molecule has 0 saturated heterocycles. The molecule has 0 bridgehead atoms. The van der Waals surface area contributed by atoms with Crippen molar-refractivity contribution in [3.63, 3.8) is 0 Å². The molecule has 4 rings (SSSR count). The predicted molar refractivity (Wildman–Crippen MR) is 133 cm³/mol. The summed E-state index contributed by atoms with van der Waals surface area (Å²) in [7, 11) is 1.78. The van der Waals surface area contributed by atoms with Crippen molar-refractivity contribution in [2.75, 3.05) is 13.7 Å². The van der Waals surface area contributed by atoms with Gasteiger partial charge in [0.15, 0.2) is 0 Å². The summed E-state index contributed by atoms with van der Waals surface area (Å²) in [5.41, 5.74) is 10.2. The highest BCUT2D eigenvalue weighted by atomic mass is 16.5. The van der Waals surface area contributed by atoms with Gasteiger partial charge in [-0.25, -0.2) is 0 Å². The first-order chi connectivity index (χ1) is 16.0. The van der Waals surface area contributed by atoms with Gasteiger partial charge in [-0.1, -0.05) is 24.1 Å². The van der Waals surface area contributed by atoms with Crippen LogP contribution in [0.25, 0.3) is 5.57 Å². The number of benzene rings is 1. The number of carbonyl (C=O) groups is 1. The number of nitrogens with zero attached hydrogens (tertiary/aromatic N) is 1. The van der Waals surface area contributed by atoms with Gasteiger partial charge in [0.25, 0.3) is 0 Å². The number of allylic oxidation sites excluding steroid dienone is 1. The average molecular weight is 448 g/mol. The van der Waals surface area contributed by atoms with Gasteiger partial charge in [0.05, 0.1) is 19.4 Å². The van der Waals surface area contributed by atoms with E-state index in [1.165, 1.54) is 39.0 Å². The van der Waals surface area contributed by atoms with Gasteiger partial charge in [0, 0.05) is 23.8 Å². The van der Waals surface area contributed by atoms with E-state index in [2.05, 4.69) is 32.0 Å². The van der Waals surface area contributed by atoms with Crippen molar-refractivity contribution < 1.29 is 14.3 Å². The molecule has 0 radical (unpaired) electrons. The fraction of sp³-hybridized carbons (Fsp3) is 0.517. The molecule has 4 heteroatoms. The maximum Gasteiger partial charge on any atom is 0.306 e. The molecule has 2 aromatic rings. The van der Waals surface area contributed by atoms with E-state index >= 15 is 0 Å². The highest BCUT2D eigenvalue weighted by Crippen LogP contribution is 2.43. The van der Waals surface area contributed by atoms with Crippen LogP contribution in [-0.4, -0.2) is 24.7 Å². The Hall–Kier alpha value is -2.62. The molecular weight excluding hydrogens is 410 g/mol. The SMILES string of the molecule is CCOC(=O)CC1CCCC/C(=C2/c3ncc(C)cc3CCc3cc(C)cc(OC)c32)CC1. The number of hydrogen-bond acceptors (Lipinski definition) is 4. The maximum absolute atomic E-state index is 12.2. The molecule has 1 atom stereocenters. The van der Waals surface area contributed by atoms with E-state index in [-0.39, 0.29) is 5.97 Å². The minimum Gasteiger partial charge on any atom is -0.496 e. The van der Waals surface area contributed by atoms with E-state index in [1.807, 2.05) is 13.1 Å². The molecule has 0 aliphatic heterocycles. The largest absolute Gasteiger partial charge is 0.496 e. The van der Waals surface area contributed by atoms with E-state index in [4.69, 9.17) is 14.5 Å². The monoisotopic (exact) mass is 447 g/mol. The van der Waals surface area contributed by atoms with Gasteiger partial charge in [-0.3, -0.25) is 9.78 Å². The van der Waals surface area contributed by atoms with Crippen LogP contribution in [0.5, 0.6) is 5.75 Å². The van der Waals surface area contributed by atoms with Crippen LogP contribution in [0.4, 0.5) is 0 Å². The summed E-state index contributed by atoms with van der Waals surface area (Å²) in [5.74, 6) is 1.28. The Morgan fingerprint density at radius 2 is 1.79 bits per heavy atom. The average Bonchev–Trinajstić information content (AvgIpc) is 2.92. The second kappa shape index (κ2) is 10.5. The Morgan fingerprint density at radius 3 is 2.58 bits per heavy atom. The lowest BCUT2D eigenvalue weighted by Gasteiger charge is -2.25. The zero-order chi connectivity index (χ0) is 23.4. The van der Waals surface area contributed by atoms with Crippen molar-refractivity contribution in [2.24, 2.45) is 5.92 Å². The maximum atomic E-state index is 12.2. The molecule has 0 amide bonds. The van der Waals surface area contributed by atoms with E-state index in [0.717, 1.165) is 62.8 Å². The van der Waals surface area contributed by atoms with Crippen LogP contribution in [0.1, 0.15) is 85.4 Å². The smallest absolute Gasteiger partial charge is 0.306 e. The summed E-state index contributed by atoms with van der Waals surface area (Å²) in [6.07, 6.45) is 11.0. The fourth-order valence-electron chi connectivity index (χ4n) is 5.57.